The minimum atomic E-state index is -0.343. The number of nitrogens with zero attached hydrogens (tertiary/aromatic N) is 2. The number of hydrogen-bond acceptors (Lipinski definition) is 4. The molecule has 1 N–H and O–H groups in total. The Morgan fingerprint density at radius 1 is 1.17 bits per heavy atom. The third-order valence-electron chi connectivity index (χ3n) is 4.71. The van der Waals surface area contributed by atoms with E-state index in [1.165, 1.54) is 12.1 Å². The second-order valence-electron chi connectivity index (χ2n) is 6.75. The molecule has 0 aliphatic carbocycles. The Kier molecular flexibility index (Phi) is 5.34. The Labute approximate surface area is 172 Å². The maximum Gasteiger partial charge on any atom is 0.255 e. The fourth-order valence-electron chi connectivity index (χ4n) is 3.13. The van der Waals surface area contributed by atoms with Gasteiger partial charge in [-0.15, -0.1) is 0 Å². The average molecular weight is 405 g/mol. The number of carbonyl (C=O) groups excluding carboxylic acids is 1. The Morgan fingerprint density at radius 3 is 2.67 bits per heavy atom. The number of benzene rings is 2. The number of carbonyl (C=O) groups is 1. The van der Waals surface area contributed by atoms with Crippen LogP contribution < -0.4 is 10.1 Å². The number of amides is 1. The van der Waals surface area contributed by atoms with E-state index < -0.39 is 0 Å². The number of rotatable bonds is 6. The maximum atomic E-state index is 13.3. The van der Waals surface area contributed by atoms with E-state index in [1.807, 2.05) is 31.2 Å². The standard InChI is InChI=1S/C23H20FN3O3/c1-15(21-7-4-12-30-21)25-23(28)20-14-27(18-10-8-17(24)9-11-18)26-22(20)16-5-3-6-19(13-16)29-2/h3-15H,1-2H3,(H,25,28)/t15-/m0/s1. The van der Waals surface area contributed by atoms with Gasteiger partial charge < -0.3 is 14.5 Å². The Morgan fingerprint density at radius 2 is 1.97 bits per heavy atom. The molecule has 4 aromatic rings. The highest BCUT2D eigenvalue weighted by molar-refractivity contribution is 6.00. The molecule has 2 aromatic heterocycles. The lowest BCUT2D eigenvalue weighted by molar-refractivity contribution is 0.0936. The summed E-state index contributed by atoms with van der Waals surface area (Å²) in [6.07, 6.45) is 3.19. The first-order chi connectivity index (χ1) is 14.5. The maximum absolute atomic E-state index is 13.3. The lowest BCUT2D eigenvalue weighted by Crippen LogP contribution is -2.26. The monoisotopic (exact) mass is 405 g/mol. The van der Waals surface area contributed by atoms with Crippen molar-refractivity contribution in [3.8, 4) is 22.7 Å². The van der Waals surface area contributed by atoms with Crippen LogP contribution in [-0.4, -0.2) is 22.8 Å². The highest BCUT2D eigenvalue weighted by Gasteiger charge is 2.21. The Hall–Kier alpha value is -3.87. The summed E-state index contributed by atoms with van der Waals surface area (Å²) in [5, 5.41) is 7.54. The molecule has 0 radical (unpaired) electrons. The second-order valence-corrected chi connectivity index (χ2v) is 6.75. The lowest BCUT2D eigenvalue weighted by Gasteiger charge is -2.11. The van der Waals surface area contributed by atoms with E-state index in [9.17, 15) is 9.18 Å². The first-order valence-corrected chi connectivity index (χ1v) is 9.39. The van der Waals surface area contributed by atoms with Crippen LogP contribution in [0.2, 0.25) is 0 Å². The van der Waals surface area contributed by atoms with Crippen molar-refractivity contribution in [3.05, 3.63) is 90.3 Å². The van der Waals surface area contributed by atoms with Gasteiger partial charge in [0.25, 0.3) is 5.91 Å². The number of ether oxygens (including phenoxy) is 1. The highest BCUT2D eigenvalue weighted by Crippen LogP contribution is 2.27. The van der Waals surface area contributed by atoms with Crippen molar-refractivity contribution < 1.29 is 18.3 Å². The summed E-state index contributed by atoms with van der Waals surface area (Å²) in [7, 11) is 1.58. The van der Waals surface area contributed by atoms with Crippen LogP contribution in [0.4, 0.5) is 4.39 Å². The van der Waals surface area contributed by atoms with Crippen LogP contribution in [0.15, 0.2) is 77.5 Å². The average Bonchev–Trinajstić information content (AvgIpc) is 3.45. The summed E-state index contributed by atoms with van der Waals surface area (Å²) in [5.41, 5.74) is 2.23. The number of methoxy groups -OCH3 is 1. The Bertz CT molecular complexity index is 1150. The van der Waals surface area contributed by atoms with Crippen molar-refractivity contribution in [1.82, 2.24) is 15.1 Å². The molecule has 152 valence electrons. The van der Waals surface area contributed by atoms with Crippen LogP contribution in [0.3, 0.4) is 0 Å². The van der Waals surface area contributed by atoms with Crippen molar-refractivity contribution in [2.75, 3.05) is 7.11 Å². The van der Waals surface area contributed by atoms with Crippen molar-refractivity contribution in [2.24, 2.45) is 0 Å². The zero-order valence-electron chi connectivity index (χ0n) is 16.5. The SMILES string of the molecule is COc1cccc(-c2nn(-c3ccc(F)cc3)cc2C(=O)N[C@@H](C)c2ccco2)c1. The molecule has 4 rings (SSSR count). The minimum Gasteiger partial charge on any atom is -0.497 e. The fraction of sp³-hybridized carbons (Fsp3) is 0.130. The van der Waals surface area contributed by atoms with Gasteiger partial charge in [0, 0.05) is 11.8 Å². The number of furan rings is 1. The Balaban J connectivity index is 1.74. The van der Waals surface area contributed by atoms with Gasteiger partial charge >= 0.3 is 0 Å². The first-order valence-electron chi connectivity index (χ1n) is 9.39. The van der Waals surface area contributed by atoms with Crippen molar-refractivity contribution in [2.45, 2.75) is 13.0 Å². The molecule has 1 atom stereocenters. The molecule has 2 heterocycles. The number of hydrogen-bond donors (Lipinski definition) is 1. The molecule has 0 unspecified atom stereocenters. The van der Waals surface area contributed by atoms with Gasteiger partial charge in [-0.3, -0.25) is 4.79 Å². The molecule has 1 amide bonds. The van der Waals surface area contributed by atoms with Crippen LogP contribution in [0.1, 0.15) is 29.1 Å². The molecule has 6 nitrogen and oxygen atoms in total. The molecule has 0 aliphatic rings. The van der Waals surface area contributed by atoms with Crippen molar-refractivity contribution in [3.63, 3.8) is 0 Å². The third-order valence-corrected chi connectivity index (χ3v) is 4.71. The van der Waals surface area contributed by atoms with Gasteiger partial charge in [-0.25, -0.2) is 9.07 Å². The molecule has 0 bridgehead atoms. The number of aromatic nitrogens is 2. The van der Waals surface area contributed by atoms with E-state index in [-0.39, 0.29) is 17.8 Å². The summed E-state index contributed by atoms with van der Waals surface area (Å²) in [6.45, 7) is 1.84. The molecule has 2 aromatic carbocycles. The quantitative estimate of drug-likeness (QED) is 0.502. The third kappa shape index (κ3) is 3.96. The van der Waals surface area contributed by atoms with Gasteiger partial charge in [0.15, 0.2) is 0 Å². The fourth-order valence-corrected chi connectivity index (χ4v) is 3.13. The molecule has 0 aliphatic heterocycles. The molecule has 0 saturated carbocycles. The van der Waals surface area contributed by atoms with Crippen LogP contribution in [0.25, 0.3) is 16.9 Å². The molecule has 0 saturated heterocycles. The zero-order chi connectivity index (χ0) is 21.1. The van der Waals surface area contributed by atoms with Gasteiger partial charge in [-0.05, 0) is 55.5 Å². The smallest absolute Gasteiger partial charge is 0.255 e. The normalized spacial score (nSPS) is 11.8. The molecule has 0 fully saturated rings. The topological polar surface area (TPSA) is 69.3 Å². The zero-order valence-corrected chi connectivity index (χ0v) is 16.5. The van der Waals surface area contributed by atoms with Gasteiger partial charge in [-0.2, -0.15) is 5.10 Å². The van der Waals surface area contributed by atoms with E-state index in [1.54, 1.807) is 48.5 Å². The molecular formula is C23H20FN3O3. The summed E-state index contributed by atoms with van der Waals surface area (Å²) >= 11 is 0. The minimum absolute atomic E-state index is 0.301. The van der Waals surface area contributed by atoms with E-state index in [4.69, 9.17) is 9.15 Å². The summed E-state index contributed by atoms with van der Waals surface area (Å²) in [6, 6.07) is 16.5. The summed E-state index contributed by atoms with van der Waals surface area (Å²) < 4.78 is 25.6. The predicted molar refractivity (Wildman–Crippen MR) is 110 cm³/mol. The van der Waals surface area contributed by atoms with E-state index in [0.717, 1.165) is 5.56 Å². The van der Waals surface area contributed by atoms with Gasteiger partial charge in [0.2, 0.25) is 0 Å². The van der Waals surface area contributed by atoms with Crippen LogP contribution >= 0.6 is 0 Å². The van der Waals surface area contributed by atoms with Crippen molar-refractivity contribution in [1.29, 1.82) is 0 Å². The molecule has 7 heteroatoms. The van der Waals surface area contributed by atoms with Gasteiger partial charge in [-0.1, -0.05) is 12.1 Å². The van der Waals surface area contributed by atoms with Crippen molar-refractivity contribution >= 4 is 5.91 Å². The summed E-state index contributed by atoms with van der Waals surface area (Å²) in [4.78, 5) is 13.1. The molecule has 30 heavy (non-hydrogen) atoms. The molecular weight excluding hydrogens is 385 g/mol. The van der Waals surface area contributed by atoms with Gasteiger partial charge in [0.1, 0.15) is 23.0 Å². The largest absolute Gasteiger partial charge is 0.497 e. The predicted octanol–water partition coefficient (Wildman–Crippen LogP) is 4.77. The number of halogens is 1. The molecule has 0 spiro atoms. The lowest BCUT2D eigenvalue weighted by atomic mass is 10.1. The van der Waals surface area contributed by atoms with E-state index in [0.29, 0.717) is 28.5 Å². The first kappa shape index (κ1) is 19.4. The second kappa shape index (κ2) is 8.24. The van der Waals surface area contributed by atoms with Gasteiger partial charge in [0.05, 0.1) is 30.7 Å². The van der Waals surface area contributed by atoms with Crippen LogP contribution in [0.5, 0.6) is 5.75 Å². The van der Waals surface area contributed by atoms with E-state index >= 15 is 0 Å². The number of nitrogens with one attached hydrogen (secondary N) is 1. The highest BCUT2D eigenvalue weighted by atomic mass is 19.1. The van der Waals surface area contributed by atoms with E-state index in [2.05, 4.69) is 10.4 Å². The van der Waals surface area contributed by atoms with Crippen LogP contribution in [-0.2, 0) is 0 Å². The van der Waals surface area contributed by atoms with Crippen LogP contribution in [0, 0.1) is 5.82 Å². The summed E-state index contributed by atoms with van der Waals surface area (Å²) in [5.74, 6) is 0.658.